The smallest absolute Gasteiger partial charge is 0.119 e. The Labute approximate surface area is 80.7 Å². The zero-order chi connectivity index (χ0) is 9.52. The van der Waals surface area contributed by atoms with Crippen LogP contribution < -0.4 is 4.74 Å². The van der Waals surface area contributed by atoms with Crippen LogP contribution in [0, 0.1) is 6.42 Å². The standard InChI is InChI=1S/C12H17O/c1-3-8-11(4-2)13-12-9-6-5-7-10-12/h4-7,9-11H,3,8H2,1-2H3. The predicted octanol–water partition coefficient (Wildman–Crippen LogP) is 3.46. The van der Waals surface area contributed by atoms with E-state index in [1.54, 1.807) is 0 Å². The normalized spacial score (nSPS) is 12.5. The fraction of sp³-hybridized carbons (Fsp3) is 0.417. The fourth-order valence-corrected chi connectivity index (χ4v) is 1.25. The molecule has 0 saturated carbocycles. The number of para-hydroxylation sites is 1. The highest BCUT2D eigenvalue weighted by atomic mass is 16.5. The zero-order valence-corrected chi connectivity index (χ0v) is 8.36. The molecule has 1 atom stereocenters. The van der Waals surface area contributed by atoms with Gasteiger partial charge in [-0.2, -0.15) is 0 Å². The zero-order valence-electron chi connectivity index (χ0n) is 8.36. The van der Waals surface area contributed by atoms with Crippen LogP contribution in [0.15, 0.2) is 30.3 Å². The van der Waals surface area contributed by atoms with Crippen molar-refractivity contribution >= 4 is 0 Å². The molecule has 1 nitrogen and oxygen atoms in total. The number of rotatable bonds is 5. The van der Waals surface area contributed by atoms with Crippen molar-refractivity contribution in [2.24, 2.45) is 0 Å². The van der Waals surface area contributed by atoms with E-state index in [-0.39, 0.29) is 6.10 Å². The van der Waals surface area contributed by atoms with Crippen molar-refractivity contribution in [2.75, 3.05) is 0 Å². The third-order valence-electron chi connectivity index (χ3n) is 1.98. The highest BCUT2D eigenvalue weighted by Gasteiger charge is 2.05. The first kappa shape index (κ1) is 10.1. The van der Waals surface area contributed by atoms with Crippen LogP contribution >= 0.6 is 0 Å². The summed E-state index contributed by atoms with van der Waals surface area (Å²) in [5.41, 5.74) is 0. The Hall–Kier alpha value is -0.980. The molecule has 0 aliphatic carbocycles. The molecule has 0 N–H and O–H groups in total. The molecule has 1 heteroatoms. The molecule has 1 aromatic carbocycles. The van der Waals surface area contributed by atoms with E-state index in [9.17, 15) is 0 Å². The van der Waals surface area contributed by atoms with Crippen molar-refractivity contribution in [1.82, 2.24) is 0 Å². The molecule has 0 heterocycles. The molecule has 0 fully saturated rings. The summed E-state index contributed by atoms with van der Waals surface area (Å²) in [6.45, 7) is 4.22. The Morgan fingerprint density at radius 1 is 1.31 bits per heavy atom. The van der Waals surface area contributed by atoms with Gasteiger partial charge in [-0.15, -0.1) is 0 Å². The molecule has 0 aliphatic rings. The van der Waals surface area contributed by atoms with Crippen LogP contribution in [-0.4, -0.2) is 6.10 Å². The Balaban J connectivity index is 2.46. The second-order valence-electron chi connectivity index (χ2n) is 3.09. The van der Waals surface area contributed by atoms with E-state index in [4.69, 9.17) is 4.74 Å². The van der Waals surface area contributed by atoms with Crippen LogP contribution in [0.5, 0.6) is 5.75 Å². The number of benzene rings is 1. The first-order chi connectivity index (χ1) is 6.36. The van der Waals surface area contributed by atoms with E-state index in [0.717, 1.165) is 18.6 Å². The maximum absolute atomic E-state index is 5.75. The first-order valence-electron chi connectivity index (χ1n) is 4.88. The van der Waals surface area contributed by atoms with Crippen LogP contribution in [0.3, 0.4) is 0 Å². The van der Waals surface area contributed by atoms with Crippen molar-refractivity contribution in [1.29, 1.82) is 0 Å². The number of ether oxygens (including phenoxy) is 1. The van der Waals surface area contributed by atoms with Crippen molar-refractivity contribution in [3.05, 3.63) is 36.8 Å². The molecular formula is C12H17O. The third kappa shape index (κ3) is 3.49. The van der Waals surface area contributed by atoms with E-state index in [1.165, 1.54) is 0 Å². The van der Waals surface area contributed by atoms with Gasteiger partial charge in [0.1, 0.15) is 11.9 Å². The van der Waals surface area contributed by atoms with Crippen molar-refractivity contribution in [3.8, 4) is 5.75 Å². The SMILES string of the molecule is C[CH]C(CCC)Oc1ccccc1. The molecule has 0 spiro atoms. The van der Waals surface area contributed by atoms with Gasteiger partial charge < -0.3 is 4.74 Å². The van der Waals surface area contributed by atoms with E-state index in [1.807, 2.05) is 37.3 Å². The number of hydrogen-bond donors (Lipinski definition) is 0. The molecule has 0 amide bonds. The van der Waals surface area contributed by atoms with Gasteiger partial charge in [-0.3, -0.25) is 0 Å². The van der Waals surface area contributed by atoms with Crippen LogP contribution in [0.2, 0.25) is 0 Å². The monoisotopic (exact) mass is 177 g/mol. The summed E-state index contributed by atoms with van der Waals surface area (Å²) < 4.78 is 5.75. The molecule has 13 heavy (non-hydrogen) atoms. The summed E-state index contributed by atoms with van der Waals surface area (Å²) in [7, 11) is 0. The minimum absolute atomic E-state index is 0.257. The lowest BCUT2D eigenvalue weighted by Gasteiger charge is -2.16. The van der Waals surface area contributed by atoms with Gasteiger partial charge in [-0.1, -0.05) is 38.5 Å². The lowest BCUT2D eigenvalue weighted by atomic mass is 10.1. The second kappa shape index (κ2) is 5.63. The third-order valence-corrected chi connectivity index (χ3v) is 1.98. The maximum Gasteiger partial charge on any atom is 0.119 e. The molecule has 0 aliphatic heterocycles. The van der Waals surface area contributed by atoms with Crippen LogP contribution in [0.1, 0.15) is 26.7 Å². The predicted molar refractivity (Wildman–Crippen MR) is 55.7 cm³/mol. The Morgan fingerprint density at radius 2 is 2.00 bits per heavy atom. The van der Waals surface area contributed by atoms with Crippen LogP contribution in [0.4, 0.5) is 0 Å². The molecule has 71 valence electrons. The largest absolute Gasteiger partial charge is 0.490 e. The van der Waals surface area contributed by atoms with Crippen molar-refractivity contribution in [3.63, 3.8) is 0 Å². The van der Waals surface area contributed by atoms with Gasteiger partial charge in [-0.25, -0.2) is 0 Å². The fourth-order valence-electron chi connectivity index (χ4n) is 1.25. The van der Waals surface area contributed by atoms with E-state index >= 15 is 0 Å². The second-order valence-corrected chi connectivity index (χ2v) is 3.09. The highest BCUT2D eigenvalue weighted by Crippen LogP contribution is 2.14. The van der Waals surface area contributed by atoms with Gasteiger partial charge in [0, 0.05) is 0 Å². The Bertz CT molecular complexity index is 218. The quantitative estimate of drug-likeness (QED) is 0.669. The molecule has 1 unspecified atom stereocenters. The maximum atomic E-state index is 5.75. The van der Waals surface area contributed by atoms with Gasteiger partial charge in [0.05, 0.1) is 0 Å². The van der Waals surface area contributed by atoms with Gasteiger partial charge in [0.2, 0.25) is 0 Å². The first-order valence-corrected chi connectivity index (χ1v) is 4.88. The molecule has 1 aromatic rings. The number of hydrogen-bond acceptors (Lipinski definition) is 1. The minimum Gasteiger partial charge on any atom is -0.490 e. The molecule has 1 rings (SSSR count). The summed E-state index contributed by atoms with van der Waals surface area (Å²) in [5, 5.41) is 0. The topological polar surface area (TPSA) is 9.23 Å². The van der Waals surface area contributed by atoms with Crippen LogP contribution in [-0.2, 0) is 0 Å². The molecule has 0 aromatic heterocycles. The average Bonchev–Trinajstić information content (AvgIpc) is 2.19. The highest BCUT2D eigenvalue weighted by molar-refractivity contribution is 5.21. The molecule has 0 bridgehead atoms. The summed E-state index contributed by atoms with van der Waals surface area (Å²) in [6, 6.07) is 9.97. The summed E-state index contributed by atoms with van der Waals surface area (Å²) >= 11 is 0. The van der Waals surface area contributed by atoms with Gasteiger partial charge >= 0.3 is 0 Å². The van der Waals surface area contributed by atoms with Gasteiger partial charge in [0.25, 0.3) is 0 Å². The summed E-state index contributed by atoms with van der Waals surface area (Å²) in [4.78, 5) is 0. The average molecular weight is 177 g/mol. The van der Waals surface area contributed by atoms with Crippen molar-refractivity contribution < 1.29 is 4.74 Å². The molecule has 0 saturated heterocycles. The Morgan fingerprint density at radius 3 is 2.54 bits per heavy atom. The van der Waals surface area contributed by atoms with E-state index in [2.05, 4.69) is 13.3 Å². The van der Waals surface area contributed by atoms with E-state index in [0.29, 0.717) is 0 Å². The minimum atomic E-state index is 0.257. The summed E-state index contributed by atoms with van der Waals surface area (Å²) in [6.07, 6.45) is 4.61. The van der Waals surface area contributed by atoms with E-state index < -0.39 is 0 Å². The van der Waals surface area contributed by atoms with Crippen molar-refractivity contribution in [2.45, 2.75) is 32.8 Å². The van der Waals surface area contributed by atoms with Gasteiger partial charge in [-0.05, 0) is 25.0 Å². The molecular weight excluding hydrogens is 160 g/mol. The molecule has 1 radical (unpaired) electrons. The lowest BCUT2D eigenvalue weighted by molar-refractivity contribution is 0.222. The van der Waals surface area contributed by atoms with Gasteiger partial charge in [0.15, 0.2) is 0 Å². The van der Waals surface area contributed by atoms with Crippen LogP contribution in [0.25, 0.3) is 0 Å². The summed E-state index contributed by atoms with van der Waals surface area (Å²) in [5.74, 6) is 0.957. The lowest BCUT2D eigenvalue weighted by Crippen LogP contribution is -2.15. The Kier molecular flexibility index (Phi) is 4.37.